The van der Waals surface area contributed by atoms with Crippen LogP contribution >= 0.6 is 15.9 Å². The maximum atomic E-state index is 13.0. The number of halogens is 1. The number of amides is 2. The fourth-order valence-electron chi connectivity index (χ4n) is 3.65. The number of nitrogens with zero attached hydrogens (tertiary/aromatic N) is 3. The zero-order chi connectivity index (χ0) is 20.5. The molecule has 1 aliphatic heterocycles. The largest absolute Gasteiger partial charge is 0.345 e. The van der Waals surface area contributed by atoms with E-state index in [2.05, 4.69) is 31.2 Å². The molecule has 148 valence electrons. The number of amidine groups is 1. The lowest BCUT2D eigenvalue weighted by Gasteiger charge is -2.23. The van der Waals surface area contributed by atoms with Gasteiger partial charge in [0.1, 0.15) is 11.9 Å². The van der Waals surface area contributed by atoms with Crippen LogP contribution < -0.4 is 10.2 Å². The van der Waals surface area contributed by atoms with E-state index in [-0.39, 0.29) is 12.1 Å². The van der Waals surface area contributed by atoms with Crippen molar-refractivity contribution < 1.29 is 4.79 Å². The molecule has 1 aliphatic rings. The van der Waals surface area contributed by atoms with Crippen LogP contribution in [0.15, 0.2) is 88.6 Å². The van der Waals surface area contributed by atoms with E-state index in [0.717, 1.165) is 32.3 Å². The highest BCUT2D eigenvalue weighted by Gasteiger charge is 2.38. The first-order chi connectivity index (χ1) is 14.7. The predicted molar refractivity (Wildman–Crippen MR) is 122 cm³/mol. The second kappa shape index (κ2) is 7.76. The fraction of sp³-hybridized carbons (Fsp3) is 0.0870. The summed E-state index contributed by atoms with van der Waals surface area (Å²) >= 11 is 3.49. The van der Waals surface area contributed by atoms with E-state index in [4.69, 9.17) is 4.99 Å². The van der Waals surface area contributed by atoms with E-state index in [9.17, 15) is 4.79 Å². The van der Waals surface area contributed by atoms with E-state index >= 15 is 0 Å². The Bertz CT molecular complexity index is 1230. The van der Waals surface area contributed by atoms with Crippen molar-refractivity contribution in [1.82, 2.24) is 15.3 Å². The summed E-state index contributed by atoms with van der Waals surface area (Å²) in [4.78, 5) is 26.9. The van der Waals surface area contributed by atoms with Crippen LogP contribution in [0.2, 0.25) is 0 Å². The van der Waals surface area contributed by atoms with E-state index in [0.29, 0.717) is 12.4 Å². The number of hydrogen-bond donors (Lipinski definition) is 2. The summed E-state index contributed by atoms with van der Waals surface area (Å²) in [7, 11) is 0. The molecule has 2 N–H and O–H groups in total. The van der Waals surface area contributed by atoms with Crippen LogP contribution in [0.3, 0.4) is 0 Å². The van der Waals surface area contributed by atoms with Crippen molar-refractivity contribution in [2.45, 2.75) is 12.6 Å². The molecule has 1 aromatic heterocycles. The lowest BCUT2D eigenvalue weighted by atomic mass is 10.0. The van der Waals surface area contributed by atoms with Crippen molar-refractivity contribution in [1.29, 1.82) is 0 Å². The highest BCUT2D eigenvalue weighted by molar-refractivity contribution is 9.10. The zero-order valence-corrected chi connectivity index (χ0v) is 17.5. The average molecular weight is 460 g/mol. The Labute approximate surface area is 181 Å². The van der Waals surface area contributed by atoms with Gasteiger partial charge in [-0.2, -0.15) is 0 Å². The molecule has 4 aromatic rings. The molecular formula is C23H18BrN5O. The Morgan fingerprint density at radius 1 is 1.03 bits per heavy atom. The van der Waals surface area contributed by atoms with Crippen LogP contribution in [0.5, 0.6) is 0 Å². The van der Waals surface area contributed by atoms with Crippen LogP contribution in [0.25, 0.3) is 11.0 Å². The molecule has 30 heavy (non-hydrogen) atoms. The minimum Gasteiger partial charge on any atom is -0.345 e. The third-order valence-corrected chi connectivity index (χ3v) is 5.64. The second-order valence-electron chi connectivity index (χ2n) is 7.05. The number of H-pyrrole nitrogens is 1. The molecule has 1 saturated heterocycles. The Morgan fingerprint density at radius 3 is 2.63 bits per heavy atom. The number of rotatable bonds is 4. The number of anilines is 1. The Morgan fingerprint density at radius 2 is 1.83 bits per heavy atom. The summed E-state index contributed by atoms with van der Waals surface area (Å²) in [5.41, 5.74) is 4.57. The topological polar surface area (TPSA) is 73.4 Å². The van der Waals surface area contributed by atoms with Crippen LogP contribution in [0.1, 0.15) is 17.2 Å². The average Bonchev–Trinajstić information content (AvgIpc) is 3.37. The van der Waals surface area contributed by atoms with E-state index in [1.54, 1.807) is 11.2 Å². The van der Waals surface area contributed by atoms with Crippen molar-refractivity contribution in [3.05, 3.63) is 94.7 Å². The van der Waals surface area contributed by atoms with Gasteiger partial charge in [-0.15, -0.1) is 0 Å². The summed E-state index contributed by atoms with van der Waals surface area (Å²) in [6.45, 7) is 0.496. The van der Waals surface area contributed by atoms with Gasteiger partial charge in [0.25, 0.3) is 0 Å². The number of aromatic nitrogens is 2. The minimum absolute atomic E-state index is 0.204. The maximum absolute atomic E-state index is 13.0. The molecule has 0 aliphatic carbocycles. The quantitative estimate of drug-likeness (QED) is 0.440. The summed E-state index contributed by atoms with van der Waals surface area (Å²) in [5.74, 6) is 0.633. The summed E-state index contributed by atoms with van der Waals surface area (Å²) in [5, 5.41) is 2.97. The van der Waals surface area contributed by atoms with Crippen LogP contribution in [-0.2, 0) is 6.54 Å². The number of aromatic amines is 1. The molecule has 2 heterocycles. The minimum atomic E-state index is -0.342. The molecule has 0 bridgehead atoms. The van der Waals surface area contributed by atoms with Gasteiger partial charge in [0.2, 0.25) is 0 Å². The first kappa shape index (κ1) is 18.6. The SMILES string of the molecule is O=C1NC(=NCc2ccccc2)C(c2ccc(Br)cc2)N1c1ccc2[nH]cnc2c1. The lowest BCUT2D eigenvalue weighted by molar-refractivity contribution is 0.252. The first-order valence-corrected chi connectivity index (χ1v) is 10.4. The van der Waals surface area contributed by atoms with Gasteiger partial charge in [0.05, 0.1) is 23.9 Å². The number of hydrogen-bond acceptors (Lipinski definition) is 3. The molecule has 1 unspecified atom stereocenters. The zero-order valence-electron chi connectivity index (χ0n) is 15.9. The molecule has 0 spiro atoms. The number of imidazole rings is 1. The van der Waals surface area contributed by atoms with Crippen molar-refractivity contribution in [2.75, 3.05) is 4.90 Å². The number of urea groups is 1. The number of nitrogens with one attached hydrogen (secondary N) is 2. The molecule has 7 heteroatoms. The monoisotopic (exact) mass is 459 g/mol. The van der Waals surface area contributed by atoms with Crippen LogP contribution in [0, 0.1) is 0 Å². The molecule has 5 rings (SSSR count). The molecule has 0 radical (unpaired) electrons. The third kappa shape index (κ3) is 3.48. The normalized spacial score (nSPS) is 17.6. The van der Waals surface area contributed by atoms with Gasteiger partial charge in [-0.3, -0.25) is 15.2 Å². The van der Waals surface area contributed by atoms with E-state index in [1.807, 2.05) is 72.8 Å². The van der Waals surface area contributed by atoms with Gasteiger partial charge in [0.15, 0.2) is 0 Å². The van der Waals surface area contributed by atoms with Gasteiger partial charge >= 0.3 is 6.03 Å². The van der Waals surface area contributed by atoms with Gasteiger partial charge < -0.3 is 4.98 Å². The Hall–Kier alpha value is -3.45. The van der Waals surface area contributed by atoms with Crippen LogP contribution in [-0.4, -0.2) is 21.8 Å². The highest BCUT2D eigenvalue weighted by atomic mass is 79.9. The first-order valence-electron chi connectivity index (χ1n) is 9.56. The Balaban J connectivity index is 1.57. The van der Waals surface area contributed by atoms with E-state index < -0.39 is 0 Å². The standard InChI is InChI=1S/C23H18BrN5O/c24-17-8-6-16(7-9-17)21-22(25-13-15-4-2-1-3-5-15)28-23(30)29(21)18-10-11-19-20(12-18)27-14-26-19/h1-12,14,21H,13H2,(H,26,27)(H,25,28,30). The van der Waals surface area contributed by atoms with Crippen molar-refractivity contribution in [3.63, 3.8) is 0 Å². The number of carbonyl (C=O) groups is 1. The molecule has 3 aromatic carbocycles. The lowest BCUT2D eigenvalue weighted by Crippen LogP contribution is -2.29. The van der Waals surface area contributed by atoms with Crippen molar-refractivity contribution in [2.24, 2.45) is 4.99 Å². The summed E-state index contributed by atoms with van der Waals surface area (Å²) in [6.07, 6.45) is 1.65. The Kier molecular flexibility index (Phi) is 4.80. The number of aliphatic imine (C=N–C) groups is 1. The second-order valence-corrected chi connectivity index (χ2v) is 7.96. The van der Waals surface area contributed by atoms with Gasteiger partial charge in [-0.05, 0) is 41.5 Å². The smallest absolute Gasteiger partial charge is 0.328 e. The van der Waals surface area contributed by atoms with Gasteiger partial charge in [-0.1, -0.05) is 58.4 Å². The van der Waals surface area contributed by atoms with Crippen molar-refractivity contribution in [3.8, 4) is 0 Å². The molecular weight excluding hydrogens is 442 g/mol. The predicted octanol–water partition coefficient (Wildman–Crippen LogP) is 5.20. The molecule has 0 saturated carbocycles. The fourth-order valence-corrected chi connectivity index (χ4v) is 3.92. The van der Waals surface area contributed by atoms with Gasteiger partial charge in [0, 0.05) is 10.2 Å². The molecule has 1 fully saturated rings. The van der Waals surface area contributed by atoms with Gasteiger partial charge in [-0.25, -0.2) is 9.78 Å². The summed E-state index contributed by atoms with van der Waals surface area (Å²) in [6, 6.07) is 23.2. The van der Waals surface area contributed by atoms with Crippen molar-refractivity contribution >= 4 is 44.5 Å². The number of fused-ring (bicyclic) bond motifs is 1. The summed E-state index contributed by atoms with van der Waals surface area (Å²) < 4.78 is 0.982. The molecule has 2 amide bonds. The number of benzene rings is 3. The highest BCUT2D eigenvalue weighted by Crippen LogP contribution is 2.34. The third-order valence-electron chi connectivity index (χ3n) is 5.11. The maximum Gasteiger partial charge on any atom is 0.328 e. The number of carbonyl (C=O) groups excluding carboxylic acids is 1. The van der Waals surface area contributed by atoms with Crippen LogP contribution in [0.4, 0.5) is 10.5 Å². The molecule has 1 atom stereocenters. The van der Waals surface area contributed by atoms with E-state index in [1.165, 1.54) is 0 Å². The molecule has 6 nitrogen and oxygen atoms in total.